The monoisotopic (exact) mass is 257 g/mol. The predicted molar refractivity (Wildman–Crippen MR) is 77.9 cm³/mol. The Bertz CT molecular complexity index is 573. The van der Waals surface area contributed by atoms with Crippen LogP contribution in [-0.2, 0) is 0 Å². The molecule has 0 spiro atoms. The Morgan fingerprint density at radius 1 is 1.00 bits per heavy atom. The summed E-state index contributed by atoms with van der Waals surface area (Å²) in [6.45, 7) is 0. The SMILES string of the molecule is Nc1cc(Cl)ccc1-c1ccccc1C1CCC1. The number of nitrogen functional groups attached to an aromatic ring is 1. The molecular weight excluding hydrogens is 242 g/mol. The van der Waals surface area contributed by atoms with E-state index in [1.54, 1.807) is 0 Å². The summed E-state index contributed by atoms with van der Waals surface area (Å²) in [5.41, 5.74) is 10.6. The fourth-order valence-electron chi connectivity index (χ4n) is 2.60. The first kappa shape index (κ1) is 11.6. The molecule has 2 heteroatoms. The van der Waals surface area contributed by atoms with Crippen LogP contribution in [0.5, 0.6) is 0 Å². The van der Waals surface area contributed by atoms with E-state index < -0.39 is 0 Å². The average Bonchev–Trinajstić information content (AvgIpc) is 2.28. The van der Waals surface area contributed by atoms with Gasteiger partial charge in [-0.1, -0.05) is 48.4 Å². The van der Waals surface area contributed by atoms with Crippen LogP contribution in [0.3, 0.4) is 0 Å². The molecule has 0 atom stereocenters. The van der Waals surface area contributed by atoms with E-state index in [1.807, 2.05) is 18.2 Å². The van der Waals surface area contributed by atoms with Gasteiger partial charge >= 0.3 is 0 Å². The van der Waals surface area contributed by atoms with Crippen LogP contribution in [0, 0.1) is 0 Å². The molecule has 92 valence electrons. The lowest BCUT2D eigenvalue weighted by molar-refractivity contribution is 0.420. The third kappa shape index (κ3) is 1.99. The molecule has 0 bridgehead atoms. The first-order valence-corrected chi connectivity index (χ1v) is 6.78. The maximum Gasteiger partial charge on any atom is 0.0426 e. The molecule has 1 aliphatic carbocycles. The molecular formula is C16H16ClN. The fraction of sp³-hybridized carbons (Fsp3) is 0.250. The van der Waals surface area contributed by atoms with Gasteiger partial charge in [-0.05, 0) is 42.0 Å². The van der Waals surface area contributed by atoms with Crippen LogP contribution in [0.2, 0.25) is 5.02 Å². The maximum atomic E-state index is 6.10. The summed E-state index contributed by atoms with van der Waals surface area (Å²) in [6, 6.07) is 14.3. The largest absolute Gasteiger partial charge is 0.398 e. The molecule has 2 aromatic carbocycles. The summed E-state index contributed by atoms with van der Waals surface area (Å²) >= 11 is 5.97. The Morgan fingerprint density at radius 2 is 1.78 bits per heavy atom. The molecule has 2 aromatic rings. The molecule has 0 aromatic heterocycles. The van der Waals surface area contributed by atoms with E-state index >= 15 is 0 Å². The van der Waals surface area contributed by atoms with Crippen molar-refractivity contribution in [1.29, 1.82) is 0 Å². The second-order valence-electron chi connectivity index (χ2n) is 4.95. The van der Waals surface area contributed by atoms with Gasteiger partial charge in [-0.3, -0.25) is 0 Å². The number of hydrogen-bond donors (Lipinski definition) is 1. The van der Waals surface area contributed by atoms with Crippen molar-refractivity contribution in [3.63, 3.8) is 0 Å². The van der Waals surface area contributed by atoms with Gasteiger partial charge in [-0.25, -0.2) is 0 Å². The minimum Gasteiger partial charge on any atom is -0.398 e. The van der Waals surface area contributed by atoms with E-state index in [4.69, 9.17) is 17.3 Å². The molecule has 0 radical (unpaired) electrons. The topological polar surface area (TPSA) is 26.0 Å². The Morgan fingerprint density at radius 3 is 2.44 bits per heavy atom. The molecule has 0 heterocycles. The van der Waals surface area contributed by atoms with Gasteiger partial charge in [0.2, 0.25) is 0 Å². The predicted octanol–water partition coefficient (Wildman–Crippen LogP) is 4.86. The van der Waals surface area contributed by atoms with E-state index in [0.717, 1.165) is 11.3 Å². The van der Waals surface area contributed by atoms with Crippen molar-refractivity contribution in [2.24, 2.45) is 0 Å². The van der Waals surface area contributed by atoms with Gasteiger partial charge in [0.25, 0.3) is 0 Å². The number of rotatable bonds is 2. The molecule has 0 aliphatic heterocycles. The van der Waals surface area contributed by atoms with Gasteiger partial charge in [0.05, 0.1) is 0 Å². The highest BCUT2D eigenvalue weighted by Crippen LogP contribution is 2.42. The van der Waals surface area contributed by atoms with Crippen molar-refractivity contribution in [2.75, 3.05) is 5.73 Å². The number of hydrogen-bond acceptors (Lipinski definition) is 1. The first-order chi connectivity index (χ1) is 8.75. The summed E-state index contributed by atoms with van der Waals surface area (Å²) in [5, 5.41) is 0.692. The molecule has 1 saturated carbocycles. The molecule has 2 N–H and O–H groups in total. The number of nitrogens with two attached hydrogens (primary N) is 1. The zero-order valence-electron chi connectivity index (χ0n) is 10.2. The van der Waals surface area contributed by atoms with Gasteiger partial charge in [0.15, 0.2) is 0 Å². The highest BCUT2D eigenvalue weighted by atomic mass is 35.5. The quantitative estimate of drug-likeness (QED) is 0.764. The van der Waals surface area contributed by atoms with Crippen molar-refractivity contribution < 1.29 is 0 Å². The molecule has 0 unspecified atom stereocenters. The van der Waals surface area contributed by atoms with Crippen LogP contribution in [0.1, 0.15) is 30.7 Å². The van der Waals surface area contributed by atoms with Crippen LogP contribution in [0.4, 0.5) is 5.69 Å². The Kier molecular flexibility index (Phi) is 3.00. The van der Waals surface area contributed by atoms with Crippen molar-refractivity contribution in [2.45, 2.75) is 25.2 Å². The van der Waals surface area contributed by atoms with Crippen molar-refractivity contribution in [1.82, 2.24) is 0 Å². The third-order valence-electron chi connectivity index (χ3n) is 3.81. The van der Waals surface area contributed by atoms with Gasteiger partial charge < -0.3 is 5.73 Å². The molecule has 1 fully saturated rings. The third-order valence-corrected chi connectivity index (χ3v) is 4.04. The van der Waals surface area contributed by atoms with Crippen LogP contribution in [0.15, 0.2) is 42.5 Å². The summed E-state index contributed by atoms with van der Waals surface area (Å²) < 4.78 is 0. The van der Waals surface area contributed by atoms with Crippen molar-refractivity contribution >= 4 is 17.3 Å². The number of benzene rings is 2. The minimum atomic E-state index is 0.692. The zero-order valence-corrected chi connectivity index (χ0v) is 11.0. The van der Waals surface area contributed by atoms with Gasteiger partial charge in [-0.2, -0.15) is 0 Å². The fourth-order valence-corrected chi connectivity index (χ4v) is 2.78. The molecule has 0 saturated heterocycles. The van der Waals surface area contributed by atoms with Crippen LogP contribution < -0.4 is 5.73 Å². The number of anilines is 1. The molecule has 0 amide bonds. The Hall–Kier alpha value is -1.47. The summed E-state index contributed by atoms with van der Waals surface area (Å²) in [7, 11) is 0. The van der Waals surface area contributed by atoms with E-state index in [2.05, 4.69) is 24.3 Å². The lowest BCUT2D eigenvalue weighted by atomic mass is 9.77. The summed E-state index contributed by atoms with van der Waals surface area (Å²) in [6.07, 6.45) is 3.93. The lowest BCUT2D eigenvalue weighted by Crippen LogP contribution is -2.10. The Labute approximate surface area is 113 Å². The van der Waals surface area contributed by atoms with Crippen molar-refractivity contribution in [3.05, 3.63) is 53.1 Å². The lowest BCUT2D eigenvalue weighted by Gasteiger charge is -2.28. The minimum absolute atomic E-state index is 0.692. The van der Waals surface area contributed by atoms with E-state index in [1.165, 1.54) is 30.4 Å². The maximum absolute atomic E-state index is 6.10. The van der Waals surface area contributed by atoms with Crippen LogP contribution >= 0.6 is 11.6 Å². The van der Waals surface area contributed by atoms with Crippen LogP contribution in [0.25, 0.3) is 11.1 Å². The van der Waals surface area contributed by atoms with E-state index in [0.29, 0.717) is 10.9 Å². The number of halogens is 1. The molecule has 18 heavy (non-hydrogen) atoms. The molecule has 1 nitrogen and oxygen atoms in total. The average molecular weight is 258 g/mol. The van der Waals surface area contributed by atoms with E-state index in [9.17, 15) is 0 Å². The normalized spacial score (nSPS) is 15.4. The highest BCUT2D eigenvalue weighted by molar-refractivity contribution is 6.31. The van der Waals surface area contributed by atoms with Gasteiger partial charge in [0, 0.05) is 16.3 Å². The molecule has 1 aliphatic rings. The Balaban J connectivity index is 2.10. The smallest absolute Gasteiger partial charge is 0.0426 e. The summed E-state index contributed by atoms with van der Waals surface area (Å²) in [4.78, 5) is 0. The van der Waals surface area contributed by atoms with Gasteiger partial charge in [0.1, 0.15) is 0 Å². The van der Waals surface area contributed by atoms with Gasteiger partial charge in [-0.15, -0.1) is 0 Å². The summed E-state index contributed by atoms with van der Waals surface area (Å²) in [5.74, 6) is 0.705. The first-order valence-electron chi connectivity index (χ1n) is 6.40. The van der Waals surface area contributed by atoms with Crippen LogP contribution in [-0.4, -0.2) is 0 Å². The highest BCUT2D eigenvalue weighted by Gasteiger charge is 2.22. The molecule has 3 rings (SSSR count). The van der Waals surface area contributed by atoms with E-state index in [-0.39, 0.29) is 0 Å². The standard InChI is InChI=1S/C16H16ClN/c17-12-8-9-15(16(18)10-12)14-7-2-1-6-13(14)11-4-3-5-11/h1-2,6-11H,3-5,18H2. The van der Waals surface area contributed by atoms with Crippen molar-refractivity contribution in [3.8, 4) is 11.1 Å². The second-order valence-corrected chi connectivity index (χ2v) is 5.38. The zero-order chi connectivity index (χ0) is 12.5. The second kappa shape index (κ2) is 4.66.